The molecule has 1 fully saturated rings. The molecule has 2 heterocycles. The number of hydrogen-bond donors (Lipinski definition) is 0. The van der Waals surface area contributed by atoms with E-state index in [-0.39, 0.29) is 5.91 Å². The monoisotopic (exact) mass is 401 g/mol. The summed E-state index contributed by atoms with van der Waals surface area (Å²) in [6.45, 7) is 5.23. The van der Waals surface area contributed by atoms with Gasteiger partial charge >= 0.3 is 0 Å². The van der Waals surface area contributed by atoms with Gasteiger partial charge in [0, 0.05) is 38.5 Å². The van der Waals surface area contributed by atoms with Gasteiger partial charge < -0.3 is 19.3 Å². The van der Waals surface area contributed by atoms with Gasteiger partial charge in [-0.2, -0.15) is 0 Å². The van der Waals surface area contributed by atoms with Gasteiger partial charge in [0.05, 0.1) is 18.7 Å². The Kier molecular flexibility index (Phi) is 6.76. The minimum absolute atomic E-state index is 0.0235. The minimum Gasteiger partial charge on any atom is -0.493 e. The summed E-state index contributed by atoms with van der Waals surface area (Å²) in [4.78, 5) is 20.9. The molecule has 0 saturated carbocycles. The highest BCUT2D eigenvalue weighted by atomic mass is 35.5. The third-order valence-corrected chi connectivity index (χ3v) is 4.80. The molecular formula is C21H24ClN3O3. The van der Waals surface area contributed by atoms with Crippen molar-refractivity contribution in [1.29, 1.82) is 0 Å². The second kappa shape index (κ2) is 9.46. The normalized spacial score (nSPS) is 14.4. The predicted molar refractivity (Wildman–Crippen MR) is 111 cm³/mol. The first-order valence-corrected chi connectivity index (χ1v) is 9.63. The lowest BCUT2D eigenvalue weighted by Gasteiger charge is -2.34. The number of ether oxygens (including phenoxy) is 2. The van der Waals surface area contributed by atoms with E-state index in [1.165, 1.54) is 0 Å². The quantitative estimate of drug-likeness (QED) is 0.693. The number of aromatic nitrogens is 1. The van der Waals surface area contributed by atoms with Gasteiger partial charge in [0.25, 0.3) is 0 Å². The number of piperazine rings is 1. The minimum atomic E-state index is -0.0235. The number of amides is 1. The lowest BCUT2D eigenvalue weighted by atomic mass is 10.1. The number of pyridine rings is 1. The number of rotatable bonds is 6. The van der Waals surface area contributed by atoms with Crippen LogP contribution in [0.5, 0.6) is 11.5 Å². The highest BCUT2D eigenvalue weighted by Gasteiger charge is 2.20. The number of carbonyl (C=O) groups is 1. The van der Waals surface area contributed by atoms with Crippen LogP contribution in [0.2, 0.25) is 5.02 Å². The highest BCUT2D eigenvalue weighted by Crippen LogP contribution is 2.36. The molecule has 28 heavy (non-hydrogen) atoms. The fourth-order valence-electron chi connectivity index (χ4n) is 3.09. The van der Waals surface area contributed by atoms with Gasteiger partial charge in [-0.25, -0.2) is 4.98 Å². The van der Waals surface area contributed by atoms with E-state index in [9.17, 15) is 4.79 Å². The average Bonchev–Trinajstić information content (AvgIpc) is 2.74. The number of halogens is 1. The van der Waals surface area contributed by atoms with Gasteiger partial charge in [0.15, 0.2) is 11.5 Å². The number of carbonyl (C=O) groups excluding carboxylic acids is 1. The average molecular weight is 402 g/mol. The zero-order valence-corrected chi connectivity index (χ0v) is 16.9. The first-order valence-electron chi connectivity index (χ1n) is 9.25. The Morgan fingerprint density at radius 2 is 2.04 bits per heavy atom. The zero-order valence-electron chi connectivity index (χ0n) is 16.1. The number of methoxy groups -OCH3 is 1. The van der Waals surface area contributed by atoms with Crippen molar-refractivity contribution in [3.8, 4) is 11.5 Å². The largest absolute Gasteiger partial charge is 0.493 e. The van der Waals surface area contributed by atoms with Gasteiger partial charge in [0.1, 0.15) is 5.82 Å². The van der Waals surface area contributed by atoms with E-state index in [1.807, 2.05) is 30.0 Å². The number of hydrogen-bond acceptors (Lipinski definition) is 5. The van der Waals surface area contributed by atoms with Gasteiger partial charge in [-0.1, -0.05) is 17.7 Å². The lowest BCUT2D eigenvalue weighted by Crippen LogP contribution is -2.48. The fraction of sp³-hybridized carbons (Fsp3) is 0.333. The van der Waals surface area contributed by atoms with Crippen molar-refractivity contribution in [3.63, 3.8) is 0 Å². The van der Waals surface area contributed by atoms with Gasteiger partial charge in [-0.05, 0) is 42.8 Å². The smallest absolute Gasteiger partial charge is 0.246 e. The molecule has 0 unspecified atom stereocenters. The van der Waals surface area contributed by atoms with Crippen molar-refractivity contribution in [1.82, 2.24) is 9.88 Å². The molecule has 1 saturated heterocycles. The van der Waals surface area contributed by atoms with E-state index < -0.39 is 0 Å². The zero-order chi connectivity index (χ0) is 19.9. The summed E-state index contributed by atoms with van der Waals surface area (Å²) in [6.07, 6.45) is 5.10. The first kappa shape index (κ1) is 20.0. The third-order valence-electron chi connectivity index (χ3n) is 4.52. The third kappa shape index (κ3) is 4.75. The number of nitrogens with zero attached hydrogens (tertiary/aromatic N) is 3. The SMILES string of the molecule is CCOc1c(Cl)cc(/C=C/C(=O)N2CCN(c3ccccn3)CC2)cc1OC. The predicted octanol–water partition coefficient (Wildman–Crippen LogP) is 3.50. The summed E-state index contributed by atoms with van der Waals surface area (Å²) < 4.78 is 10.9. The maximum absolute atomic E-state index is 12.5. The molecule has 0 N–H and O–H groups in total. The van der Waals surface area contributed by atoms with Crippen molar-refractivity contribution < 1.29 is 14.3 Å². The van der Waals surface area contributed by atoms with E-state index in [0.29, 0.717) is 36.2 Å². The highest BCUT2D eigenvalue weighted by molar-refractivity contribution is 6.32. The first-order chi connectivity index (χ1) is 13.6. The Morgan fingerprint density at radius 1 is 1.25 bits per heavy atom. The van der Waals surface area contributed by atoms with Gasteiger partial charge in [-0.3, -0.25) is 4.79 Å². The summed E-state index contributed by atoms with van der Waals surface area (Å²) in [5, 5.41) is 0.456. The molecule has 2 aromatic rings. The molecule has 0 atom stereocenters. The van der Waals surface area contributed by atoms with E-state index in [4.69, 9.17) is 21.1 Å². The Hall–Kier alpha value is -2.73. The van der Waals surface area contributed by atoms with Gasteiger partial charge in [-0.15, -0.1) is 0 Å². The Balaban J connectivity index is 1.62. The molecule has 1 aliphatic rings. The Bertz CT molecular complexity index is 834. The molecular weight excluding hydrogens is 378 g/mol. The molecule has 0 radical (unpaired) electrons. The van der Waals surface area contributed by atoms with E-state index >= 15 is 0 Å². The molecule has 0 bridgehead atoms. The van der Waals surface area contributed by atoms with E-state index in [0.717, 1.165) is 24.5 Å². The molecule has 1 aromatic heterocycles. The summed E-state index contributed by atoms with van der Waals surface area (Å²) >= 11 is 6.28. The number of benzene rings is 1. The molecule has 7 heteroatoms. The Labute approximate surface area is 170 Å². The van der Waals surface area contributed by atoms with Crippen molar-refractivity contribution in [2.45, 2.75) is 6.92 Å². The summed E-state index contributed by atoms with van der Waals surface area (Å²) in [5.41, 5.74) is 0.783. The second-order valence-corrected chi connectivity index (χ2v) is 6.71. The molecule has 3 rings (SSSR count). The summed E-state index contributed by atoms with van der Waals surface area (Å²) in [7, 11) is 1.56. The molecule has 1 aliphatic heterocycles. The Morgan fingerprint density at radius 3 is 2.68 bits per heavy atom. The summed E-state index contributed by atoms with van der Waals surface area (Å²) in [6, 6.07) is 9.42. The topological polar surface area (TPSA) is 54.9 Å². The molecule has 1 amide bonds. The summed E-state index contributed by atoms with van der Waals surface area (Å²) in [5.74, 6) is 1.98. The second-order valence-electron chi connectivity index (χ2n) is 6.30. The molecule has 1 aromatic carbocycles. The lowest BCUT2D eigenvalue weighted by molar-refractivity contribution is -0.126. The van der Waals surface area contributed by atoms with Crippen LogP contribution in [0, 0.1) is 0 Å². The van der Waals surface area contributed by atoms with Crippen LogP contribution in [0.25, 0.3) is 6.08 Å². The van der Waals surface area contributed by atoms with Crippen LogP contribution in [-0.2, 0) is 4.79 Å². The molecule has 0 aliphatic carbocycles. The van der Waals surface area contributed by atoms with Crippen LogP contribution in [0.15, 0.2) is 42.6 Å². The van der Waals surface area contributed by atoms with Gasteiger partial charge in [0.2, 0.25) is 5.91 Å². The van der Waals surface area contributed by atoms with Crippen LogP contribution in [0.1, 0.15) is 12.5 Å². The van der Waals surface area contributed by atoms with E-state index in [1.54, 1.807) is 37.6 Å². The molecule has 6 nitrogen and oxygen atoms in total. The van der Waals surface area contributed by atoms with Crippen LogP contribution in [0.3, 0.4) is 0 Å². The van der Waals surface area contributed by atoms with Crippen LogP contribution < -0.4 is 14.4 Å². The maximum atomic E-state index is 12.5. The van der Waals surface area contributed by atoms with Crippen molar-refractivity contribution in [2.24, 2.45) is 0 Å². The van der Waals surface area contributed by atoms with Crippen molar-refractivity contribution >= 4 is 29.4 Å². The van der Waals surface area contributed by atoms with Crippen molar-refractivity contribution in [2.75, 3.05) is 44.8 Å². The standard InChI is InChI=1S/C21H24ClN3O3/c1-3-28-21-17(22)14-16(15-18(21)27-2)7-8-20(26)25-12-10-24(11-13-25)19-6-4-5-9-23-19/h4-9,14-15H,3,10-13H2,1-2H3/b8-7+. The van der Waals surface area contributed by atoms with Crippen LogP contribution in [0.4, 0.5) is 5.82 Å². The van der Waals surface area contributed by atoms with Crippen LogP contribution in [-0.4, -0.2) is 55.7 Å². The molecule has 148 valence electrons. The molecule has 0 spiro atoms. The number of anilines is 1. The van der Waals surface area contributed by atoms with Crippen molar-refractivity contribution in [3.05, 3.63) is 53.2 Å². The van der Waals surface area contributed by atoms with Crippen LogP contribution >= 0.6 is 11.6 Å². The fourth-order valence-corrected chi connectivity index (χ4v) is 3.36. The van der Waals surface area contributed by atoms with E-state index in [2.05, 4.69) is 9.88 Å². The maximum Gasteiger partial charge on any atom is 0.246 e.